The molecule has 2 N–H and O–H groups in total. The topological polar surface area (TPSA) is 103 Å². The Morgan fingerprint density at radius 3 is 1.50 bits per heavy atom. The average molecular weight is 684 g/mol. The maximum absolute atomic E-state index is 13.4. The summed E-state index contributed by atoms with van der Waals surface area (Å²) in [5.74, 6) is 1.48. The van der Waals surface area contributed by atoms with E-state index in [1.165, 1.54) is 0 Å². The largest absolute Gasteiger partial charge is 0.314 e. The SMILES string of the molecule is Cn1c(C[C@@H]2CCCN2)nn2cc(-c3cccc(-c4cccc(-c5cc6c(=O)n(C)c(C[C@@H]7CCCN7)nn6c5)c4Cl)c3Cl)cc2c1=O. The van der Waals surface area contributed by atoms with Gasteiger partial charge in [0.2, 0.25) is 0 Å². The van der Waals surface area contributed by atoms with Crippen LogP contribution in [0.1, 0.15) is 37.3 Å². The third kappa shape index (κ3) is 5.37. The lowest BCUT2D eigenvalue weighted by molar-refractivity contribution is 0.550. The van der Waals surface area contributed by atoms with Crippen LogP contribution in [0.5, 0.6) is 0 Å². The van der Waals surface area contributed by atoms with E-state index in [0.717, 1.165) is 83.8 Å². The fourth-order valence-electron chi connectivity index (χ4n) is 7.23. The minimum Gasteiger partial charge on any atom is -0.314 e. The number of nitrogens with zero attached hydrogens (tertiary/aromatic N) is 6. The van der Waals surface area contributed by atoms with Crippen molar-refractivity contribution in [2.45, 2.75) is 50.6 Å². The smallest absolute Gasteiger partial charge is 0.277 e. The second-order valence-electron chi connectivity index (χ2n) is 13.0. The molecular formula is C36H36Cl2N8O2. The van der Waals surface area contributed by atoms with E-state index in [1.54, 1.807) is 32.3 Å². The van der Waals surface area contributed by atoms with Crippen molar-refractivity contribution in [3.8, 4) is 33.4 Å². The van der Waals surface area contributed by atoms with Gasteiger partial charge in [0, 0.05) is 84.8 Å². The van der Waals surface area contributed by atoms with Crippen molar-refractivity contribution >= 4 is 34.2 Å². The molecule has 4 aromatic heterocycles. The summed E-state index contributed by atoms with van der Waals surface area (Å²) in [6.07, 6.45) is 9.54. The predicted molar refractivity (Wildman–Crippen MR) is 190 cm³/mol. The van der Waals surface area contributed by atoms with Gasteiger partial charge in [-0.25, -0.2) is 9.03 Å². The normalized spacial score (nSPS) is 18.1. The van der Waals surface area contributed by atoms with E-state index in [0.29, 0.717) is 46.0 Å². The Balaban J connectivity index is 1.15. The first-order chi connectivity index (χ1) is 23.3. The molecule has 0 amide bonds. The van der Waals surface area contributed by atoms with Crippen LogP contribution in [0, 0.1) is 0 Å². The van der Waals surface area contributed by atoms with Gasteiger partial charge in [0.05, 0.1) is 10.0 Å². The second-order valence-corrected chi connectivity index (χ2v) is 13.8. The second kappa shape index (κ2) is 12.3. The molecule has 0 aliphatic carbocycles. The van der Waals surface area contributed by atoms with Crippen molar-refractivity contribution in [1.82, 2.24) is 39.0 Å². The van der Waals surface area contributed by atoms with Gasteiger partial charge >= 0.3 is 0 Å². The molecule has 0 unspecified atom stereocenters. The molecule has 2 fully saturated rings. The van der Waals surface area contributed by atoms with Crippen molar-refractivity contribution in [2.75, 3.05) is 13.1 Å². The van der Waals surface area contributed by atoms with Crippen LogP contribution in [0.25, 0.3) is 44.4 Å². The molecule has 6 heterocycles. The quantitative estimate of drug-likeness (QED) is 0.238. The van der Waals surface area contributed by atoms with Crippen molar-refractivity contribution in [1.29, 1.82) is 0 Å². The zero-order chi connectivity index (χ0) is 33.1. The van der Waals surface area contributed by atoms with Gasteiger partial charge in [-0.15, -0.1) is 0 Å². The maximum atomic E-state index is 13.4. The van der Waals surface area contributed by atoms with Crippen molar-refractivity contribution in [2.24, 2.45) is 14.1 Å². The maximum Gasteiger partial charge on any atom is 0.277 e. The zero-order valence-corrected chi connectivity index (χ0v) is 28.4. The minimum atomic E-state index is -0.0983. The first kappa shape index (κ1) is 31.1. The molecule has 246 valence electrons. The summed E-state index contributed by atoms with van der Waals surface area (Å²) in [5, 5.41) is 17.6. The Morgan fingerprint density at radius 1 is 0.688 bits per heavy atom. The molecule has 10 nitrogen and oxygen atoms in total. The first-order valence-electron chi connectivity index (χ1n) is 16.5. The highest BCUT2D eigenvalue weighted by Crippen LogP contribution is 2.42. The summed E-state index contributed by atoms with van der Waals surface area (Å²) >= 11 is 14.3. The van der Waals surface area contributed by atoms with Gasteiger partial charge in [0.25, 0.3) is 11.1 Å². The number of hydrogen-bond donors (Lipinski definition) is 2. The van der Waals surface area contributed by atoms with E-state index in [2.05, 4.69) is 10.6 Å². The molecular weight excluding hydrogens is 647 g/mol. The Hall–Kier alpha value is -4.22. The Bertz CT molecular complexity index is 2160. The van der Waals surface area contributed by atoms with Gasteiger partial charge < -0.3 is 10.6 Å². The van der Waals surface area contributed by atoms with Gasteiger partial charge in [0.1, 0.15) is 22.7 Å². The van der Waals surface area contributed by atoms with Gasteiger partial charge in [-0.1, -0.05) is 59.6 Å². The number of rotatable bonds is 7. The first-order valence-corrected chi connectivity index (χ1v) is 17.2. The van der Waals surface area contributed by atoms with E-state index in [4.69, 9.17) is 33.4 Å². The number of fused-ring (bicyclic) bond motifs is 2. The van der Waals surface area contributed by atoms with Crippen LogP contribution in [-0.4, -0.2) is 53.5 Å². The molecule has 2 saturated heterocycles. The van der Waals surface area contributed by atoms with Gasteiger partial charge in [-0.3, -0.25) is 18.7 Å². The van der Waals surface area contributed by atoms with Gasteiger partial charge in [0.15, 0.2) is 0 Å². The van der Waals surface area contributed by atoms with E-state index in [9.17, 15) is 9.59 Å². The van der Waals surface area contributed by atoms with E-state index >= 15 is 0 Å². The van der Waals surface area contributed by atoms with Gasteiger partial charge in [-0.05, 0) is 50.9 Å². The lowest BCUT2D eigenvalue weighted by Crippen LogP contribution is -2.31. The number of aromatic nitrogens is 6. The van der Waals surface area contributed by atoms with Crippen LogP contribution in [-0.2, 0) is 26.9 Å². The molecule has 0 spiro atoms. The average Bonchev–Trinajstić information content (AvgIpc) is 3.91. The highest BCUT2D eigenvalue weighted by molar-refractivity contribution is 6.39. The lowest BCUT2D eigenvalue weighted by Gasteiger charge is -2.13. The van der Waals surface area contributed by atoms with Crippen LogP contribution in [0.4, 0.5) is 0 Å². The van der Waals surface area contributed by atoms with Crippen LogP contribution in [0.3, 0.4) is 0 Å². The molecule has 8 rings (SSSR count). The summed E-state index contributed by atoms with van der Waals surface area (Å²) < 4.78 is 6.63. The van der Waals surface area contributed by atoms with Crippen molar-refractivity contribution < 1.29 is 0 Å². The molecule has 0 saturated carbocycles. The molecule has 6 aromatic rings. The molecule has 2 atom stereocenters. The fourth-order valence-corrected chi connectivity index (χ4v) is 7.90. The third-order valence-corrected chi connectivity index (χ3v) is 10.8. The summed E-state index contributed by atoms with van der Waals surface area (Å²) in [6, 6.07) is 16.0. The van der Waals surface area contributed by atoms with Crippen molar-refractivity contribution in [3.63, 3.8) is 0 Å². The third-order valence-electron chi connectivity index (χ3n) is 9.96. The Labute approximate surface area is 286 Å². The van der Waals surface area contributed by atoms with Gasteiger partial charge in [-0.2, -0.15) is 10.2 Å². The number of halogens is 2. The van der Waals surface area contributed by atoms with Crippen LogP contribution in [0.15, 0.2) is 70.5 Å². The molecule has 2 aliphatic heterocycles. The van der Waals surface area contributed by atoms with Crippen LogP contribution < -0.4 is 21.8 Å². The highest BCUT2D eigenvalue weighted by atomic mass is 35.5. The number of benzene rings is 2. The van der Waals surface area contributed by atoms with E-state index in [1.807, 2.05) is 60.9 Å². The summed E-state index contributed by atoms with van der Waals surface area (Å²) in [4.78, 5) is 26.7. The fraction of sp³-hybridized carbons (Fsp3) is 0.333. The standard InChI is InChI=1S/C36H36Cl2N8O2/c1-43-31(17-23-7-5-13-39-23)41-45-19-21(15-29(45)35(43)47)25-9-3-11-27(33(25)37)28-12-4-10-26(34(28)38)22-16-30-36(48)44(2)32(42-46(30)20-22)18-24-8-6-14-40-24/h3-4,9-12,15-16,19-20,23-24,39-40H,5-8,13-14,17-18H2,1-2H3/t23-,24-/m0/s1. The number of nitrogens with one attached hydrogen (secondary N) is 2. The highest BCUT2D eigenvalue weighted by Gasteiger charge is 2.22. The van der Waals surface area contributed by atoms with Crippen LogP contribution >= 0.6 is 23.2 Å². The predicted octanol–water partition coefficient (Wildman–Crippen LogP) is 5.28. The number of hydrogen-bond acceptors (Lipinski definition) is 6. The molecule has 48 heavy (non-hydrogen) atoms. The van der Waals surface area contributed by atoms with Crippen LogP contribution in [0.2, 0.25) is 10.0 Å². The Kier molecular flexibility index (Phi) is 7.99. The summed E-state index contributed by atoms with van der Waals surface area (Å²) in [5.41, 5.74) is 5.42. The molecule has 0 radical (unpaired) electrons. The van der Waals surface area contributed by atoms with E-state index in [-0.39, 0.29) is 11.1 Å². The van der Waals surface area contributed by atoms with E-state index < -0.39 is 0 Å². The molecule has 12 heteroatoms. The van der Waals surface area contributed by atoms with Crippen molar-refractivity contribution in [3.05, 3.63) is 103 Å². The summed E-state index contributed by atoms with van der Waals surface area (Å²) in [7, 11) is 3.56. The lowest BCUT2D eigenvalue weighted by atomic mass is 9.97. The summed E-state index contributed by atoms with van der Waals surface area (Å²) in [6.45, 7) is 1.99. The minimum absolute atomic E-state index is 0.0983. The monoisotopic (exact) mass is 682 g/mol. The molecule has 2 aromatic carbocycles. The zero-order valence-electron chi connectivity index (χ0n) is 26.8. The molecule has 2 aliphatic rings. The molecule has 0 bridgehead atoms. The Morgan fingerprint density at radius 2 is 1.10 bits per heavy atom.